The molecule has 1 unspecified atom stereocenters. The zero-order valence-corrected chi connectivity index (χ0v) is 13.4. The fourth-order valence-electron chi connectivity index (χ4n) is 3.15. The monoisotopic (exact) mass is 274 g/mol. The minimum atomic E-state index is 0.491. The van der Waals surface area contributed by atoms with Gasteiger partial charge in [-0.1, -0.05) is 37.6 Å². The van der Waals surface area contributed by atoms with Crippen molar-refractivity contribution in [2.24, 2.45) is 5.92 Å². The van der Waals surface area contributed by atoms with Crippen molar-refractivity contribution < 1.29 is 0 Å². The van der Waals surface area contributed by atoms with E-state index < -0.39 is 0 Å². The number of aryl methyl sites for hydroxylation is 1. The van der Waals surface area contributed by atoms with E-state index in [0.717, 1.165) is 12.5 Å². The smallest absolute Gasteiger partial charge is 0.0334 e. The van der Waals surface area contributed by atoms with Crippen LogP contribution in [0.2, 0.25) is 0 Å². The Labute approximate surface area is 124 Å². The molecule has 1 aliphatic rings. The van der Waals surface area contributed by atoms with E-state index >= 15 is 0 Å². The molecule has 0 aliphatic heterocycles. The summed E-state index contributed by atoms with van der Waals surface area (Å²) in [7, 11) is 2.28. The molecule has 0 radical (unpaired) electrons. The lowest BCUT2D eigenvalue weighted by molar-refractivity contribution is 0.199. The summed E-state index contributed by atoms with van der Waals surface area (Å²) in [5, 5.41) is 3.65. The first-order chi connectivity index (χ1) is 9.70. The average Bonchev–Trinajstić information content (AvgIpc) is 2.40. The van der Waals surface area contributed by atoms with Gasteiger partial charge >= 0.3 is 0 Å². The number of hydrogen-bond donors (Lipinski definition) is 1. The highest BCUT2D eigenvalue weighted by Gasteiger charge is 2.20. The summed E-state index contributed by atoms with van der Waals surface area (Å²) in [5.74, 6) is 0.969. The van der Waals surface area contributed by atoms with Gasteiger partial charge in [0.05, 0.1) is 0 Å². The molecule has 1 aliphatic carbocycles. The van der Waals surface area contributed by atoms with E-state index in [1.165, 1.54) is 49.9 Å². The molecule has 0 bridgehead atoms. The van der Waals surface area contributed by atoms with Gasteiger partial charge in [0.1, 0.15) is 0 Å². The lowest BCUT2D eigenvalue weighted by Crippen LogP contribution is -2.32. The molecular weight excluding hydrogens is 244 g/mol. The van der Waals surface area contributed by atoms with Crippen molar-refractivity contribution in [3.63, 3.8) is 0 Å². The molecule has 2 nitrogen and oxygen atoms in total. The van der Waals surface area contributed by atoms with Crippen LogP contribution in [0.15, 0.2) is 24.3 Å². The number of rotatable bonds is 8. The van der Waals surface area contributed by atoms with Gasteiger partial charge in [-0.25, -0.2) is 0 Å². The minimum Gasteiger partial charge on any atom is -0.310 e. The second-order valence-corrected chi connectivity index (χ2v) is 6.31. The molecule has 0 saturated heterocycles. The Morgan fingerprint density at radius 1 is 1.30 bits per heavy atom. The van der Waals surface area contributed by atoms with Crippen molar-refractivity contribution in [1.82, 2.24) is 10.2 Å². The highest BCUT2D eigenvalue weighted by atomic mass is 15.1. The maximum Gasteiger partial charge on any atom is 0.0334 e. The summed E-state index contributed by atoms with van der Waals surface area (Å²) in [6, 6.07) is 9.27. The third-order valence-corrected chi connectivity index (χ3v) is 4.61. The molecular formula is C18H30N2. The van der Waals surface area contributed by atoms with Gasteiger partial charge in [0.15, 0.2) is 0 Å². The summed E-state index contributed by atoms with van der Waals surface area (Å²) < 4.78 is 0. The van der Waals surface area contributed by atoms with Crippen LogP contribution in [0.4, 0.5) is 0 Å². The van der Waals surface area contributed by atoms with Crippen LogP contribution in [-0.2, 0) is 0 Å². The molecule has 2 heteroatoms. The molecule has 1 saturated carbocycles. The second-order valence-electron chi connectivity index (χ2n) is 6.31. The third kappa shape index (κ3) is 4.32. The second kappa shape index (κ2) is 7.80. The summed E-state index contributed by atoms with van der Waals surface area (Å²) >= 11 is 0. The van der Waals surface area contributed by atoms with Gasteiger partial charge in [0.25, 0.3) is 0 Å². The number of nitrogens with zero attached hydrogens (tertiary/aromatic N) is 1. The summed E-state index contributed by atoms with van der Waals surface area (Å²) in [6.45, 7) is 7.92. The van der Waals surface area contributed by atoms with E-state index in [1.807, 2.05) is 0 Å². The van der Waals surface area contributed by atoms with Crippen LogP contribution in [-0.4, -0.2) is 31.6 Å². The van der Waals surface area contributed by atoms with E-state index in [4.69, 9.17) is 0 Å². The molecule has 112 valence electrons. The van der Waals surface area contributed by atoms with Crippen molar-refractivity contribution in [1.29, 1.82) is 0 Å². The highest BCUT2D eigenvalue weighted by molar-refractivity contribution is 5.28. The molecule has 0 amide bonds. The van der Waals surface area contributed by atoms with Crippen LogP contribution in [0.5, 0.6) is 0 Å². The summed E-state index contributed by atoms with van der Waals surface area (Å²) in [6.07, 6.45) is 5.53. The Balaban J connectivity index is 1.87. The van der Waals surface area contributed by atoms with E-state index in [1.54, 1.807) is 0 Å². The fraction of sp³-hybridized carbons (Fsp3) is 0.667. The zero-order valence-electron chi connectivity index (χ0n) is 13.4. The van der Waals surface area contributed by atoms with Gasteiger partial charge in [-0.2, -0.15) is 0 Å². The Morgan fingerprint density at radius 3 is 2.65 bits per heavy atom. The maximum atomic E-state index is 3.65. The zero-order chi connectivity index (χ0) is 14.4. The van der Waals surface area contributed by atoms with Crippen molar-refractivity contribution in [3.8, 4) is 0 Å². The fourth-order valence-corrected chi connectivity index (χ4v) is 3.15. The van der Waals surface area contributed by atoms with E-state index in [-0.39, 0.29) is 0 Å². The van der Waals surface area contributed by atoms with Crippen LogP contribution >= 0.6 is 0 Å². The molecule has 1 aromatic rings. The predicted octanol–water partition coefficient (Wildman–Crippen LogP) is 3.77. The molecule has 0 spiro atoms. The number of hydrogen-bond acceptors (Lipinski definition) is 2. The molecule has 0 heterocycles. The van der Waals surface area contributed by atoms with Crippen molar-refractivity contribution >= 4 is 0 Å². The van der Waals surface area contributed by atoms with Gasteiger partial charge in [-0.3, -0.25) is 0 Å². The Hall–Kier alpha value is -0.860. The first-order valence-electron chi connectivity index (χ1n) is 8.18. The van der Waals surface area contributed by atoms with Gasteiger partial charge in [0.2, 0.25) is 0 Å². The van der Waals surface area contributed by atoms with Crippen LogP contribution < -0.4 is 5.32 Å². The lowest BCUT2D eigenvalue weighted by atomic mass is 9.85. The van der Waals surface area contributed by atoms with Gasteiger partial charge in [-0.15, -0.1) is 0 Å². The number of benzene rings is 1. The summed E-state index contributed by atoms with van der Waals surface area (Å²) in [5.41, 5.74) is 2.87. The standard InChI is InChI=1S/C18H30N2/c1-4-19-18(17-11-6-5-8-15(17)2)12-13-20(3)14-16-9-7-10-16/h5-6,8,11,16,18-19H,4,7,9-10,12-14H2,1-3H3. The molecule has 1 atom stereocenters. The van der Waals surface area contributed by atoms with Crippen LogP contribution in [0.1, 0.15) is 49.8 Å². The Bertz CT molecular complexity index is 398. The van der Waals surface area contributed by atoms with Crippen molar-refractivity contribution in [2.45, 2.75) is 45.6 Å². The van der Waals surface area contributed by atoms with Crippen LogP contribution in [0, 0.1) is 12.8 Å². The molecule has 0 aromatic heterocycles. The van der Waals surface area contributed by atoms with Gasteiger partial charge in [-0.05, 0) is 63.4 Å². The van der Waals surface area contributed by atoms with E-state index in [2.05, 4.69) is 55.4 Å². The molecule has 1 fully saturated rings. The van der Waals surface area contributed by atoms with Gasteiger partial charge < -0.3 is 10.2 Å². The van der Waals surface area contributed by atoms with Gasteiger partial charge in [0, 0.05) is 12.6 Å². The minimum absolute atomic E-state index is 0.491. The first-order valence-corrected chi connectivity index (χ1v) is 8.18. The van der Waals surface area contributed by atoms with Crippen molar-refractivity contribution in [2.75, 3.05) is 26.7 Å². The maximum absolute atomic E-state index is 3.65. The molecule has 2 rings (SSSR count). The third-order valence-electron chi connectivity index (χ3n) is 4.61. The normalized spacial score (nSPS) is 17.2. The molecule has 1 N–H and O–H groups in total. The molecule has 20 heavy (non-hydrogen) atoms. The van der Waals surface area contributed by atoms with E-state index in [9.17, 15) is 0 Å². The topological polar surface area (TPSA) is 15.3 Å². The van der Waals surface area contributed by atoms with E-state index in [0.29, 0.717) is 6.04 Å². The largest absolute Gasteiger partial charge is 0.310 e. The highest BCUT2D eigenvalue weighted by Crippen LogP contribution is 2.27. The van der Waals surface area contributed by atoms with Crippen LogP contribution in [0.3, 0.4) is 0 Å². The van der Waals surface area contributed by atoms with Crippen LogP contribution in [0.25, 0.3) is 0 Å². The van der Waals surface area contributed by atoms with Crippen molar-refractivity contribution in [3.05, 3.63) is 35.4 Å². The predicted molar refractivity (Wildman–Crippen MR) is 87.1 cm³/mol. The average molecular weight is 274 g/mol. The quantitative estimate of drug-likeness (QED) is 0.776. The number of nitrogens with one attached hydrogen (secondary N) is 1. The Morgan fingerprint density at radius 2 is 2.05 bits per heavy atom. The lowest BCUT2D eigenvalue weighted by Gasteiger charge is -2.31. The first kappa shape index (κ1) is 15.5. The molecule has 1 aromatic carbocycles. The Kier molecular flexibility index (Phi) is 6.06. The summed E-state index contributed by atoms with van der Waals surface area (Å²) in [4.78, 5) is 2.52. The SMILES string of the molecule is CCNC(CCN(C)CC1CCC1)c1ccccc1C.